The third-order valence-electron chi connectivity index (χ3n) is 3.88. The van der Waals surface area contributed by atoms with Gasteiger partial charge in [0.1, 0.15) is 5.75 Å². The molecule has 98 valence electrons. The van der Waals surface area contributed by atoms with Crippen LogP contribution >= 0.6 is 0 Å². The van der Waals surface area contributed by atoms with Crippen molar-refractivity contribution in [1.29, 1.82) is 0 Å². The van der Waals surface area contributed by atoms with E-state index in [1.165, 1.54) is 11.1 Å². The number of para-hydroxylation sites is 1. The molecule has 2 nitrogen and oxygen atoms in total. The minimum absolute atomic E-state index is 0.339. The van der Waals surface area contributed by atoms with Gasteiger partial charge in [0.15, 0.2) is 0 Å². The van der Waals surface area contributed by atoms with Gasteiger partial charge in [0, 0.05) is 12.0 Å². The number of rotatable bonds is 3. The lowest BCUT2D eigenvalue weighted by Gasteiger charge is -2.32. The molecule has 1 aliphatic rings. The van der Waals surface area contributed by atoms with Crippen molar-refractivity contribution in [3.63, 3.8) is 0 Å². The highest BCUT2D eigenvalue weighted by atomic mass is 16.5. The van der Waals surface area contributed by atoms with Crippen LogP contribution in [0.3, 0.4) is 0 Å². The van der Waals surface area contributed by atoms with E-state index < -0.39 is 0 Å². The number of likely N-dealkylation sites (N-methyl/N-ethyl adjacent to an activating group) is 1. The molecular formula is C17H19NO. The molecule has 1 aliphatic heterocycles. The molecular weight excluding hydrogens is 234 g/mol. The second kappa shape index (κ2) is 5.45. The first-order valence-electron chi connectivity index (χ1n) is 6.84. The summed E-state index contributed by atoms with van der Waals surface area (Å²) >= 11 is 0. The summed E-state index contributed by atoms with van der Waals surface area (Å²) in [5, 5.41) is 3.47. The van der Waals surface area contributed by atoms with Crippen LogP contribution in [0.1, 0.15) is 29.5 Å². The van der Waals surface area contributed by atoms with Gasteiger partial charge in [-0.1, -0.05) is 48.5 Å². The van der Waals surface area contributed by atoms with Crippen LogP contribution < -0.4 is 10.1 Å². The predicted molar refractivity (Wildman–Crippen MR) is 77.5 cm³/mol. The average Bonchev–Trinajstić information content (AvgIpc) is 2.49. The largest absolute Gasteiger partial charge is 0.493 e. The standard InChI is InChI=1S/C17H19NO/c1-18-17(13-7-3-2-4-8-13)15-11-12-19-16-10-6-5-9-14(15)16/h2-10,15,17-18H,11-12H2,1H3. The maximum atomic E-state index is 5.76. The summed E-state index contributed by atoms with van der Waals surface area (Å²) in [7, 11) is 2.04. The molecule has 0 saturated heterocycles. The zero-order valence-corrected chi connectivity index (χ0v) is 11.2. The Bertz CT molecular complexity index is 538. The topological polar surface area (TPSA) is 21.3 Å². The molecule has 0 saturated carbocycles. The first-order chi connectivity index (χ1) is 9.40. The van der Waals surface area contributed by atoms with Gasteiger partial charge >= 0.3 is 0 Å². The zero-order chi connectivity index (χ0) is 13.1. The van der Waals surface area contributed by atoms with Gasteiger partial charge in [-0.05, 0) is 30.7 Å². The predicted octanol–water partition coefficient (Wildman–Crippen LogP) is 3.51. The van der Waals surface area contributed by atoms with Gasteiger partial charge in [-0.15, -0.1) is 0 Å². The van der Waals surface area contributed by atoms with Crippen molar-refractivity contribution >= 4 is 0 Å². The number of nitrogens with one attached hydrogen (secondary N) is 1. The quantitative estimate of drug-likeness (QED) is 0.903. The zero-order valence-electron chi connectivity index (χ0n) is 11.2. The van der Waals surface area contributed by atoms with E-state index in [2.05, 4.69) is 53.8 Å². The van der Waals surface area contributed by atoms with Crippen LogP contribution in [0.25, 0.3) is 0 Å². The number of ether oxygens (including phenoxy) is 1. The highest BCUT2D eigenvalue weighted by molar-refractivity contribution is 5.40. The number of benzene rings is 2. The molecule has 0 aromatic heterocycles. The van der Waals surface area contributed by atoms with Crippen molar-refractivity contribution in [1.82, 2.24) is 5.32 Å². The third-order valence-corrected chi connectivity index (χ3v) is 3.88. The monoisotopic (exact) mass is 253 g/mol. The second-order valence-electron chi connectivity index (χ2n) is 4.96. The maximum absolute atomic E-state index is 5.76. The molecule has 2 aromatic rings. The first-order valence-corrected chi connectivity index (χ1v) is 6.84. The summed E-state index contributed by atoms with van der Waals surface area (Å²) in [6.45, 7) is 0.798. The van der Waals surface area contributed by atoms with Crippen molar-refractivity contribution < 1.29 is 4.74 Å². The Balaban J connectivity index is 1.97. The molecule has 2 atom stereocenters. The SMILES string of the molecule is CNC(c1ccccc1)C1CCOc2ccccc21. The van der Waals surface area contributed by atoms with Crippen LogP contribution in [-0.4, -0.2) is 13.7 Å². The molecule has 1 heterocycles. The summed E-state index contributed by atoms with van der Waals surface area (Å²) in [5.41, 5.74) is 2.66. The van der Waals surface area contributed by atoms with Crippen LogP contribution in [0.4, 0.5) is 0 Å². The third kappa shape index (κ3) is 2.36. The van der Waals surface area contributed by atoms with Crippen LogP contribution in [0.2, 0.25) is 0 Å². The van der Waals surface area contributed by atoms with Crippen molar-refractivity contribution in [3.05, 3.63) is 65.7 Å². The van der Waals surface area contributed by atoms with Gasteiger partial charge in [-0.25, -0.2) is 0 Å². The molecule has 0 radical (unpaired) electrons. The van der Waals surface area contributed by atoms with E-state index >= 15 is 0 Å². The Morgan fingerprint density at radius 1 is 1.05 bits per heavy atom. The van der Waals surface area contributed by atoms with Crippen LogP contribution in [0.5, 0.6) is 5.75 Å². The van der Waals surface area contributed by atoms with Crippen molar-refractivity contribution in [2.24, 2.45) is 0 Å². The van der Waals surface area contributed by atoms with Gasteiger partial charge in [-0.2, -0.15) is 0 Å². The number of fused-ring (bicyclic) bond motifs is 1. The van der Waals surface area contributed by atoms with Crippen molar-refractivity contribution in [2.75, 3.05) is 13.7 Å². The molecule has 2 heteroatoms. The Morgan fingerprint density at radius 3 is 2.58 bits per heavy atom. The van der Waals surface area contributed by atoms with E-state index in [-0.39, 0.29) is 0 Å². The van der Waals surface area contributed by atoms with Gasteiger partial charge in [-0.3, -0.25) is 0 Å². The minimum Gasteiger partial charge on any atom is -0.493 e. The molecule has 0 bridgehead atoms. The second-order valence-corrected chi connectivity index (χ2v) is 4.96. The van der Waals surface area contributed by atoms with Gasteiger partial charge < -0.3 is 10.1 Å². The average molecular weight is 253 g/mol. The van der Waals surface area contributed by atoms with E-state index in [9.17, 15) is 0 Å². The number of hydrogen-bond donors (Lipinski definition) is 1. The summed E-state index contributed by atoms with van der Waals surface area (Å²) in [6, 6.07) is 19.4. The maximum Gasteiger partial charge on any atom is 0.122 e. The molecule has 0 fully saturated rings. The fourth-order valence-corrected chi connectivity index (χ4v) is 2.98. The fourth-order valence-electron chi connectivity index (χ4n) is 2.98. The smallest absolute Gasteiger partial charge is 0.122 e. The molecule has 0 aliphatic carbocycles. The number of hydrogen-bond acceptors (Lipinski definition) is 2. The van der Waals surface area contributed by atoms with E-state index in [0.717, 1.165) is 18.8 Å². The van der Waals surface area contributed by atoms with E-state index in [1.54, 1.807) is 0 Å². The fraction of sp³-hybridized carbons (Fsp3) is 0.294. The Morgan fingerprint density at radius 2 is 1.79 bits per heavy atom. The van der Waals surface area contributed by atoms with Crippen molar-refractivity contribution in [3.8, 4) is 5.75 Å². The molecule has 0 amide bonds. The van der Waals surface area contributed by atoms with Crippen LogP contribution in [-0.2, 0) is 0 Å². The Labute approximate surface area is 114 Å². The van der Waals surface area contributed by atoms with E-state index in [4.69, 9.17) is 4.74 Å². The first kappa shape index (κ1) is 12.2. The lowest BCUT2D eigenvalue weighted by atomic mass is 9.83. The molecule has 0 spiro atoms. The highest BCUT2D eigenvalue weighted by Crippen LogP contribution is 2.40. The molecule has 1 N–H and O–H groups in total. The normalized spacial score (nSPS) is 19.3. The highest BCUT2D eigenvalue weighted by Gasteiger charge is 2.28. The van der Waals surface area contributed by atoms with Crippen LogP contribution in [0, 0.1) is 0 Å². The van der Waals surface area contributed by atoms with Gasteiger partial charge in [0.2, 0.25) is 0 Å². The summed E-state index contributed by atoms with van der Waals surface area (Å²) < 4.78 is 5.76. The summed E-state index contributed by atoms with van der Waals surface area (Å²) in [6.07, 6.45) is 1.05. The Kier molecular flexibility index (Phi) is 3.51. The summed E-state index contributed by atoms with van der Waals surface area (Å²) in [4.78, 5) is 0. The Hall–Kier alpha value is -1.80. The van der Waals surface area contributed by atoms with E-state index in [1.807, 2.05) is 13.1 Å². The minimum atomic E-state index is 0.339. The van der Waals surface area contributed by atoms with Gasteiger partial charge in [0.25, 0.3) is 0 Å². The van der Waals surface area contributed by atoms with E-state index in [0.29, 0.717) is 12.0 Å². The van der Waals surface area contributed by atoms with Crippen molar-refractivity contribution in [2.45, 2.75) is 18.4 Å². The lowest BCUT2D eigenvalue weighted by Crippen LogP contribution is -2.28. The summed E-state index contributed by atoms with van der Waals surface area (Å²) in [5.74, 6) is 1.51. The van der Waals surface area contributed by atoms with Crippen LogP contribution in [0.15, 0.2) is 54.6 Å². The molecule has 3 rings (SSSR count). The molecule has 19 heavy (non-hydrogen) atoms. The van der Waals surface area contributed by atoms with Gasteiger partial charge in [0.05, 0.1) is 6.61 Å². The molecule has 2 aromatic carbocycles. The lowest BCUT2D eigenvalue weighted by molar-refractivity contribution is 0.248. The molecule has 2 unspecified atom stereocenters.